The number of anilines is 2. The maximum Gasteiger partial charge on any atom is 0.263 e. The van der Waals surface area contributed by atoms with Gasteiger partial charge in [0.2, 0.25) is 0 Å². The molecule has 0 saturated heterocycles. The van der Waals surface area contributed by atoms with Crippen LogP contribution in [0.5, 0.6) is 0 Å². The summed E-state index contributed by atoms with van der Waals surface area (Å²) in [5.74, 6) is 0. The summed E-state index contributed by atoms with van der Waals surface area (Å²) in [6, 6.07) is 11.9. The molecule has 8 heteroatoms. The first-order chi connectivity index (χ1) is 9.94. The van der Waals surface area contributed by atoms with Crippen LogP contribution in [0.15, 0.2) is 47.4 Å². The van der Waals surface area contributed by atoms with Crippen LogP contribution in [0.4, 0.5) is 10.8 Å². The largest absolute Gasteiger partial charge is 0.399 e. The number of nitrogens with one attached hydrogen (secondary N) is 1. The quantitative estimate of drug-likeness (QED) is 0.493. The van der Waals surface area contributed by atoms with Crippen molar-refractivity contribution in [3.05, 3.63) is 46.0 Å². The van der Waals surface area contributed by atoms with Crippen molar-refractivity contribution in [3.63, 3.8) is 0 Å². The van der Waals surface area contributed by atoms with Gasteiger partial charge in [0.1, 0.15) is 0 Å². The van der Waals surface area contributed by atoms with E-state index in [1.165, 1.54) is 11.3 Å². The first kappa shape index (κ1) is 14.5. The van der Waals surface area contributed by atoms with Gasteiger partial charge in [-0.25, -0.2) is 13.4 Å². The van der Waals surface area contributed by atoms with Crippen LogP contribution in [-0.4, -0.2) is 13.4 Å². The van der Waals surface area contributed by atoms with Crippen molar-refractivity contribution in [3.8, 4) is 0 Å². The van der Waals surface area contributed by atoms with Gasteiger partial charge in [-0.3, -0.25) is 4.72 Å². The molecule has 0 saturated carbocycles. The zero-order chi connectivity index (χ0) is 15.0. The van der Waals surface area contributed by atoms with Crippen LogP contribution < -0.4 is 10.5 Å². The third-order valence-electron chi connectivity index (χ3n) is 2.76. The highest BCUT2D eigenvalue weighted by Crippen LogP contribution is 2.29. The summed E-state index contributed by atoms with van der Waals surface area (Å²) in [5.41, 5.74) is 7.05. The van der Waals surface area contributed by atoms with E-state index in [2.05, 4.69) is 32.3 Å². The van der Waals surface area contributed by atoms with Gasteiger partial charge in [0, 0.05) is 9.26 Å². The number of fused-ring (bicyclic) bond motifs is 1. The molecule has 0 aliphatic carbocycles. The van der Waals surface area contributed by atoms with Gasteiger partial charge >= 0.3 is 0 Å². The number of sulfonamides is 1. The molecule has 108 valence electrons. The molecule has 0 fully saturated rings. The first-order valence-corrected chi connectivity index (χ1v) is 9.26. The van der Waals surface area contributed by atoms with Crippen molar-refractivity contribution >= 4 is 65.0 Å². The lowest BCUT2D eigenvalue weighted by Crippen LogP contribution is -2.12. The standard InChI is InChI=1S/C13H10IN3O2S2/c14-8-1-4-10(5-2-8)21(18,19)17-13-16-11-6-3-9(15)7-12(11)20-13/h1-7H,15H2,(H,16,17). The number of nitrogens with two attached hydrogens (primary N) is 1. The molecule has 5 nitrogen and oxygen atoms in total. The number of nitrogen functional groups attached to an aromatic ring is 1. The minimum absolute atomic E-state index is 0.210. The first-order valence-electron chi connectivity index (χ1n) is 5.88. The molecule has 1 heterocycles. The Hall–Kier alpha value is -1.39. The van der Waals surface area contributed by atoms with Gasteiger partial charge in [0.05, 0.1) is 15.1 Å². The zero-order valence-corrected chi connectivity index (χ0v) is 14.4. The van der Waals surface area contributed by atoms with Crippen LogP contribution in [0.3, 0.4) is 0 Å². The van der Waals surface area contributed by atoms with E-state index in [0.29, 0.717) is 10.8 Å². The van der Waals surface area contributed by atoms with E-state index in [-0.39, 0.29) is 4.90 Å². The summed E-state index contributed by atoms with van der Waals surface area (Å²) in [6.07, 6.45) is 0. The van der Waals surface area contributed by atoms with Gasteiger partial charge in [0.15, 0.2) is 5.13 Å². The van der Waals surface area contributed by atoms with E-state index in [0.717, 1.165) is 13.8 Å². The highest BCUT2D eigenvalue weighted by atomic mass is 127. The van der Waals surface area contributed by atoms with Gasteiger partial charge < -0.3 is 5.73 Å². The van der Waals surface area contributed by atoms with Crippen LogP contribution in [0.2, 0.25) is 0 Å². The number of aromatic nitrogens is 1. The summed E-state index contributed by atoms with van der Waals surface area (Å²) in [6.45, 7) is 0. The van der Waals surface area contributed by atoms with Crippen LogP contribution in [0.25, 0.3) is 10.2 Å². The molecular formula is C13H10IN3O2S2. The maximum atomic E-state index is 12.3. The lowest BCUT2D eigenvalue weighted by Gasteiger charge is -2.04. The summed E-state index contributed by atoms with van der Waals surface area (Å²) in [7, 11) is -3.62. The Morgan fingerprint density at radius 1 is 1.14 bits per heavy atom. The molecule has 0 bridgehead atoms. The maximum absolute atomic E-state index is 12.3. The molecule has 0 radical (unpaired) electrons. The predicted molar refractivity (Wildman–Crippen MR) is 94.0 cm³/mol. The van der Waals surface area contributed by atoms with Crippen molar-refractivity contribution in [1.29, 1.82) is 0 Å². The second-order valence-corrected chi connectivity index (χ2v) is 8.26. The third kappa shape index (κ3) is 3.11. The zero-order valence-electron chi connectivity index (χ0n) is 10.6. The molecule has 0 amide bonds. The van der Waals surface area contributed by atoms with Crippen molar-refractivity contribution in [1.82, 2.24) is 4.98 Å². The number of hydrogen-bond donors (Lipinski definition) is 2. The van der Waals surface area contributed by atoms with Gasteiger partial charge in [-0.05, 0) is 65.1 Å². The molecule has 0 atom stereocenters. The Balaban J connectivity index is 1.95. The van der Waals surface area contributed by atoms with Crippen LogP contribution >= 0.6 is 33.9 Å². The lowest BCUT2D eigenvalue weighted by atomic mass is 10.3. The fourth-order valence-electron chi connectivity index (χ4n) is 1.77. The Kier molecular flexibility index (Phi) is 3.76. The second kappa shape index (κ2) is 5.43. The fraction of sp³-hybridized carbons (Fsp3) is 0. The fourth-order valence-corrected chi connectivity index (χ4v) is 4.28. The van der Waals surface area contributed by atoms with E-state index in [1.54, 1.807) is 42.5 Å². The smallest absolute Gasteiger partial charge is 0.263 e. The van der Waals surface area contributed by atoms with Gasteiger partial charge in [-0.15, -0.1) is 0 Å². The molecule has 21 heavy (non-hydrogen) atoms. The molecule has 1 aromatic heterocycles. The molecule has 3 aromatic rings. The van der Waals surface area contributed by atoms with Crippen molar-refractivity contribution in [2.45, 2.75) is 4.90 Å². The normalized spacial score (nSPS) is 11.7. The van der Waals surface area contributed by atoms with E-state index in [1.807, 2.05) is 0 Å². The Morgan fingerprint density at radius 2 is 1.86 bits per heavy atom. The van der Waals surface area contributed by atoms with E-state index >= 15 is 0 Å². The third-order valence-corrected chi connectivity index (χ3v) is 5.89. The van der Waals surface area contributed by atoms with Crippen LogP contribution in [0.1, 0.15) is 0 Å². The van der Waals surface area contributed by atoms with Gasteiger partial charge in [-0.1, -0.05) is 11.3 Å². The van der Waals surface area contributed by atoms with E-state index < -0.39 is 10.0 Å². The topological polar surface area (TPSA) is 85.1 Å². The number of halogens is 1. The second-order valence-electron chi connectivity index (χ2n) is 4.31. The molecule has 0 spiro atoms. The molecular weight excluding hydrogens is 421 g/mol. The van der Waals surface area contributed by atoms with Gasteiger partial charge in [-0.2, -0.15) is 0 Å². The molecule has 2 aromatic carbocycles. The highest BCUT2D eigenvalue weighted by Gasteiger charge is 2.16. The Morgan fingerprint density at radius 3 is 2.57 bits per heavy atom. The molecule has 3 rings (SSSR count). The predicted octanol–water partition coefficient (Wildman–Crippen LogP) is 3.28. The van der Waals surface area contributed by atoms with Crippen molar-refractivity contribution in [2.24, 2.45) is 0 Å². The molecule has 3 N–H and O–H groups in total. The van der Waals surface area contributed by atoms with Gasteiger partial charge in [0.25, 0.3) is 10.0 Å². The van der Waals surface area contributed by atoms with E-state index in [9.17, 15) is 8.42 Å². The summed E-state index contributed by atoms with van der Waals surface area (Å²) in [4.78, 5) is 4.46. The number of hydrogen-bond acceptors (Lipinski definition) is 5. The van der Waals surface area contributed by atoms with Crippen LogP contribution in [-0.2, 0) is 10.0 Å². The lowest BCUT2D eigenvalue weighted by molar-refractivity contribution is 0.601. The average Bonchev–Trinajstić information content (AvgIpc) is 2.79. The van der Waals surface area contributed by atoms with Crippen molar-refractivity contribution in [2.75, 3.05) is 10.5 Å². The number of nitrogens with zero attached hydrogens (tertiary/aromatic N) is 1. The SMILES string of the molecule is Nc1ccc2nc(NS(=O)(=O)c3ccc(I)cc3)sc2c1. The molecule has 0 aliphatic rings. The minimum atomic E-state index is -3.62. The Bertz CT molecular complexity index is 905. The number of benzene rings is 2. The molecule has 0 unspecified atom stereocenters. The minimum Gasteiger partial charge on any atom is -0.399 e. The molecule has 0 aliphatic heterocycles. The summed E-state index contributed by atoms with van der Waals surface area (Å²) >= 11 is 3.38. The van der Waals surface area contributed by atoms with Crippen molar-refractivity contribution < 1.29 is 8.42 Å². The number of thiazole rings is 1. The number of rotatable bonds is 3. The van der Waals surface area contributed by atoms with Crippen LogP contribution in [0, 0.1) is 3.57 Å². The highest BCUT2D eigenvalue weighted by molar-refractivity contribution is 14.1. The Labute approximate surface area is 139 Å². The monoisotopic (exact) mass is 431 g/mol. The average molecular weight is 431 g/mol. The summed E-state index contributed by atoms with van der Waals surface area (Å²) < 4.78 is 28.9. The van der Waals surface area contributed by atoms with E-state index in [4.69, 9.17) is 5.73 Å². The summed E-state index contributed by atoms with van der Waals surface area (Å²) in [5, 5.41) is 0.328.